The van der Waals surface area contributed by atoms with Crippen LogP contribution in [0.3, 0.4) is 0 Å². The second-order valence-corrected chi connectivity index (χ2v) is 5.40. The summed E-state index contributed by atoms with van der Waals surface area (Å²) in [6, 6.07) is 0.331. The fourth-order valence-electron chi connectivity index (χ4n) is 2.46. The molecule has 1 aromatic heterocycles. The lowest BCUT2D eigenvalue weighted by atomic mass is 9.72. The minimum absolute atomic E-state index is 0.0103. The van der Waals surface area contributed by atoms with E-state index in [1.807, 2.05) is 0 Å². The maximum Gasteiger partial charge on any atom is 0.254 e. The van der Waals surface area contributed by atoms with Gasteiger partial charge in [0.15, 0.2) is 0 Å². The molecule has 0 atom stereocenters. The fourth-order valence-corrected chi connectivity index (χ4v) is 2.46. The molecule has 0 radical (unpaired) electrons. The molecule has 2 rings (SSSR count). The molecule has 4 nitrogen and oxygen atoms in total. The van der Waals surface area contributed by atoms with E-state index < -0.39 is 0 Å². The van der Waals surface area contributed by atoms with Crippen molar-refractivity contribution in [2.45, 2.75) is 52.0 Å². The smallest absolute Gasteiger partial charge is 0.254 e. The molecule has 1 aliphatic carbocycles. The van der Waals surface area contributed by atoms with Crippen LogP contribution in [0, 0.1) is 5.41 Å². The van der Waals surface area contributed by atoms with E-state index in [4.69, 9.17) is 0 Å². The van der Waals surface area contributed by atoms with Crippen molar-refractivity contribution in [3.63, 3.8) is 0 Å². The van der Waals surface area contributed by atoms with Crippen LogP contribution in [0.1, 0.15) is 56.3 Å². The molecule has 0 aliphatic heterocycles. The van der Waals surface area contributed by atoms with Crippen LogP contribution in [0.5, 0.6) is 0 Å². The molecular weight excluding hydrogens is 214 g/mol. The first-order chi connectivity index (χ1) is 8.13. The van der Waals surface area contributed by atoms with Gasteiger partial charge in [-0.2, -0.15) is 5.10 Å². The summed E-state index contributed by atoms with van der Waals surface area (Å²) in [5.74, 6) is -0.0103. The minimum Gasteiger partial charge on any atom is -0.349 e. The Kier molecular flexibility index (Phi) is 3.50. The number of rotatable bonds is 3. The third-order valence-corrected chi connectivity index (χ3v) is 4.14. The average Bonchev–Trinajstić information content (AvgIpc) is 2.86. The second-order valence-electron chi connectivity index (χ2n) is 5.40. The molecule has 4 heteroatoms. The number of hydrogen-bond acceptors (Lipinski definition) is 2. The molecule has 1 amide bonds. The highest BCUT2D eigenvalue weighted by Gasteiger charge is 2.30. The summed E-state index contributed by atoms with van der Waals surface area (Å²) < 4.78 is 0. The van der Waals surface area contributed by atoms with Crippen LogP contribution >= 0.6 is 0 Å². The van der Waals surface area contributed by atoms with Crippen LogP contribution in [0.2, 0.25) is 0 Å². The molecule has 0 spiro atoms. The molecule has 1 saturated carbocycles. The Bertz CT molecular complexity index is 364. The zero-order valence-electron chi connectivity index (χ0n) is 10.6. The van der Waals surface area contributed by atoms with E-state index >= 15 is 0 Å². The molecule has 17 heavy (non-hydrogen) atoms. The first kappa shape index (κ1) is 12.1. The lowest BCUT2D eigenvalue weighted by Crippen LogP contribution is -2.39. The van der Waals surface area contributed by atoms with Crippen LogP contribution in [-0.4, -0.2) is 22.1 Å². The molecule has 0 unspecified atom stereocenters. The van der Waals surface area contributed by atoms with Crippen molar-refractivity contribution in [1.82, 2.24) is 15.5 Å². The van der Waals surface area contributed by atoms with Gasteiger partial charge in [0.25, 0.3) is 5.91 Å². The van der Waals surface area contributed by atoms with Gasteiger partial charge in [-0.05, 0) is 31.1 Å². The number of aromatic amines is 1. The molecule has 0 bridgehead atoms. The summed E-state index contributed by atoms with van der Waals surface area (Å²) in [6.45, 7) is 4.60. The first-order valence-corrected chi connectivity index (χ1v) is 6.42. The molecule has 1 heterocycles. The third-order valence-electron chi connectivity index (χ3n) is 4.14. The van der Waals surface area contributed by atoms with Crippen molar-refractivity contribution >= 4 is 5.91 Å². The van der Waals surface area contributed by atoms with Crippen molar-refractivity contribution in [2.24, 2.45) is 5.41 Å². The summed E-state index contributed by atoms with van der Waals surface area (Å²) in [5, 5.41) is 9.53. The zero-order chi connectivity index (χ0) is 12.3. The van der Waals surface area contributed by atoms with Gasteiger partial charge in [0.05, 0.1) is 11.8 Å². The van der Waals surface area contributed by atoms with Gasteiger partial charge in [-0.15, -0.1) is 0 Å². The molecule has 0 aromatic carbocycles. The number of carbonyl (C=O) groups excluding carboxylic acids is 1. The molecule has 94 valence electrons. The first-order valence-electron chi connectivity index (χ1n) is 6.42. The predicted molar refractivity (Wildman–Crippen MR) is 66.7 cm³/mol. The quantitative estimate of drug-likeness (QED) is 0.845. The number of nitrogens with zero attached hydrogens (tertiary/aromatic N) is 1. The number of hydrogen-bond donors (Lipinski definition) is 2. The van der Waals surface area contributed by atoms with Gasteiger partial charge in [0.2, 0.25) is 0 Å². The van der Waals surface area contributed by atoms with Crippen LogP contribution in [0.25, 0.3) is 0 Å². The van der Waals surface area contributed by atoms with Gasteiger partial charge >= 0.3 is 0 Å². The summed E-state index contributed by atoms with van der Waals surface area (Å²) in [6.07, 6.45) is 9.03. The third kappa shape index (κ3) is 2.87. The Morgan fingerprint density at radius 1 is 1.59 bits per heavy atom. The van der Waals surface area contributed by atoms with E-state index in [1.165, 1.54) is 19.3 Å². The maximum atomic E-state index is 11.8. The maximum absolute atomic E-state index is 11.8. The van der Waals surface area contributed by atoms with E-state index in [9.17, 15) is 4.79 Å². The highest BCUT2D eigenvalue weighted by Crippen LogP contribution is 2.38. The van der Waals surface area contributed by atoms with Gasteiger partial charge in [-0.25, -0.2) is 0 Å². The highest BCUT2D eigenvalue weighted by molar-refractivity contribution is 5.93. The Hall–Kier alpha value is -1.32. The highest BCUT2D eigenvalue weighted by atomic mass is 16.1. The molecule has 0 saturated heterocycles. The van der Waals surface area contributed by atoms with Crippen LogP contribution < -0.4 is 5.32 Å². The Balaban J connectivity index is 1.84. The van der Waals surface area contributed by atoms with Crippen LogP contribution in [0.4, 0.5) is 0 Å². The minimum atomic E-state index is -0.0103. The normalized spacial score (nSPS) is 28.9. The predicted octanol–water partition coefficient (Wildman–Crippen LogP) is 2.50. The number of H-pyrrole nitrogens is 1. The fraction of sp³-hybridized carbons (Fsp3) is 0.692. The Morgan fingerprint density at radius 2 is 2.29 bits per heavy atom. The number of amides is 1. The van der Waals surface area contributed by atoms with Crippen LogP contribution in [-0.2, 0) is 0 Å². The van der Waals surface area contributed by atoms with E-state index in [0.29, 0.717) is 17.0 Å². The van der Waals surface area contributed by atoms with Gasteiger partial charge in [-0.3, -0.25) is 9.89 Å². The number of aromatic nitrogens is 2. The summed E-state index contributed by atoms with van der Waals surface area (Å²) >= 11 is 0. The molecule has 1 aromatic rings. The molecule has 1 fully saturated rings. The number of carbonyl (C=O) groups is 1. The lowest BCUT2D eigenvalue weighted by Gasteiger charge is -2.36. The Labute approximate surface area is 102 Å². The lowest BCUT2D eigenvalue weighted by molar-refractivity contribution is 0.0901. The number of nitrogens with one attached hydrogen (secondary N) is 2. The van der Waals surface area contributed by atoms with E-state index in [2.05, 4.69) is 29.4 Å². The van der Waals surface area contributed by atoms with Gasteiger partial charge in [-0.1, -0.05) is 20.3 Å². The summed E-state index contributed by atoms with van der Waals surface area (Å²) in [7, 11) is 0. The van der Waals surface area contributed by atoms with Crippen molar-refractivity contribution < 1.29 is 4.79 Å². The van der Waals surface area contributed by atoms with Crippen LogP contribution in [0.15, 0.2) is 12.4 Å². The van der Waals surface area contributed by atoms with E-state index in [1.54, 1.807) is 12.4 Å². The SMILES string of the molecule is CCC1(C)CCC(NC(=O)c2cn[nH]c2)CC1. The van der Waals surface area contributed by atoms with Crippen molar-refractivity contribution in [2.75, 3.05) is 0 Å². The topological polar surface area (TPSA) is 57.8 Å². The zero-order valence-corrected chi connectivity index (χ0v) is 10.6. The van der Waals surface area contributed by atoms with Gasteiger partial charge in [0, 0.05) is 12.2 Å². The van der Waals surface area contributed by atoms with Gasteiger partial charge < -0.3 is 5.32 Å². The molecular formula is C13H21N3O. The van der Waals surface area contributed by atoms with Gasteiger partial charge in [0.1, 0.15) is 0 Å². The Morgan fingerprint density at radius 3 is 2.82 bits per heavy atom. The summed E-state index contributed by atoms with van der Waals surface area (Å²) in [5.41, 5.74) is 1.10. The largest absolute Gasteiger partial charge is 0.349 e. The molecule has 2 N–H and O–H groups in total. The van der Waals surface area contributed by atoms with E-state index in [0.717, 1.165) is 12.8 Å². The van der Waals surface area contributed by atoms with Crippen molar-refractivity contribution in [1.29, 1.82) is 0 Å². The second kappa shape index (κ2) is 4.90. The van der Waals surface area contributed by atoms with Crippen molar-refractivity contribution in [3.8, 4) is 0 Å². The standard InChI is InChI=1S/C13H21N3O/c1-3-13(2)6-4-11(5-7-13)16-12(17)10-8-14-15-9-10/h8-9,11H,3-7H2,1-2H3,(H,14,15)(H,16,17). The molecule has 1 aliphatic rings. The van der Waals surface area contributed by atoms with E-state index in [-0.39, 0.29) is 5.91 Å². The monoisotopic (exact) mass is 235 g/mol. The average molecular weight is 235 g/mol. The van der Waals surface area contributed by atoms with Crippen molar-refractivity contribution in [3.05, 3.63) is 18.0 Å². The summed E-state index contributed by atoms with van der Waals surface area (Å²) in [4.78, 5) is 11.8.